The summed E-state index contributed by atoms with van der Waals surface area (Å²) in [7, 11) is 1.67. The Morgan fingerprint density at radius 3 is 2.81 bits per heavy atom. The van der Waals surface area contributed by atoms with Gasteiger partial charge in [-0.2, -0.15) is 0 Å². The van der Waals surface area contributed by atoms with E-state index in [0.717, 1.165) is 29.2 Å². The molecular formula is C20H19N5O. The predicted octanol–water partition coefficient (Wildman–Crippen LogP) is 3.60. The number of nitrogens with two attached hydrogens (primary N) is 1. The first kappa shape index (κ1) is 16.0. The maximum Gasteiger partial charge on any atom is 0.179 e. The fourth-order valence-electron chi connectivity index (χ4n) is 2.83. The Bertz CT molecular complexity index is 1040. The molecule has 0 fully saturated rings. The van der Waals surface area contributed by atoms with Crippen LogP contribution < -0.4 is 15.8 Å². The topological polar surface area (TPSA) is 77.5 Å². The SMILES string of the molecule is COc1ccc(CNc2cccc(-c3cn4ccnc4c(N)n3)c2)cc1. The summed E-state index contributed by atoms with van der Waals surface area (Å²) in [5.74, 6) is 1.28. The monoisotopic (exact) mass is 345 g/mol. The second kappa shape index (κ2) is 6.76. The first-order chi connectivity index (χ1) is 12.7. The van der Waals surface area contributed by atoms with E-state index >= 15 is 0 Å². The highest BCUT2D eigenvalue weighted by Gasteiger charge is 2.07. The molecule has 0 atom stereocenters. The molecular weight excluding hydrogens is 326 g/mol. The molecule has 0 spiro atoms. The number of benzene rings is 2. The molecule has 3 N–H and O–H groups in total. The summed E-state index contributed by atoms with van der Waals surface area (Å²) < 4.78 is 7.07. The molecule has 0 aliphatic rings. The van der Waals surface area contributed by atoms with Crippen LogP contribution in [0.25, 0.3) is 16.9 Å². The van der Waals surface area contributed by atoms with Gasteiger partial charge in [0.05, 0.1) is 12.8 Å². The minimum atomic E-state index is 0.420. The van der Waals surface area contributed by atoms with Crippen LogP contribution in [-0.2, 0) is 6.54 Å². The summed E-state index contributed by atoms with van der Waals surface area (Å²) in [6.07, 6.45) is 5.51. The van der Waals surface area contributed by atoms with Crippen LogP contribution in [0, 0.1) is 0 Å². The van der Waals surface area contributed by atoms with Gasteiger partial charge in [-0.15, -0.1) is 0 Å². The molecule has 26 heavy (non-hydrogen) atoms. The van der Waals surface area contributed by atoms with Crippen LogP contribution in [0.5, 0.6) is 5.75 Å². The number of imidazole rings is 1. The standard InChI is InChI=1S/C20H19N5O/c1-26-17-7-5-14(6-8-17)12-23-16-4-2-3-15(11-16)18-13-25-10-9-22-20(25)19(21)24-18/h2-11,13,23H,12H2,1H3,(H2,21,24). The van der Waals surface area contributed by atoms with Crippen LogP contribution in [0.2, 0.25) is 0 Å². The smallest absolute Gasteiger partial charge is 0.179 e. The average Bonchev–Trinajstić information content (AvgIpc) is 3.16. The van der Waals surface area contributed by atoms with Gasteiger partial charge in [0.25, 0.3) is 0 Å². The zero-order valence-corrected chi connectivity index (χ0v) is 14.4. The van der Waals surface area contributed by atoms with Gasteiger partial charge in [0.1, 0.15) is 5.75 Å². The maximum atomic E-state index is 6.01. The average molecular weight is 345 g/mol. The van der Waals surface area contributed by atoms with Gasteiger partial charge >= 0.3 is 0 Å². The summed E-state index contributed by atoms with van der Waals surface area (Å²) in [5, 5.41) is 3.44. The Balaban J connectivity index is 1.55. The minimum Gasteiger partial charge on any atom is -0.497 e. The number of nitrogens with one attached hydrogen (secondary N) is 1. The van der Waals surface area contributed by atoms with Crippen LogP contribution in [-0.4, -0.2) is 21.5 Å². The first-order valence-electron chi connectivity index (χ1n) is 8.29. The van der Waals surface area contributed by atoms with Crippen LogP contribution in [0.15, 0.2) is 67.1 Å². The fraction of sp³-hybridized carbons (Fsp3) is 0.100. The van der Waals surface area contributed by atoms with E-state index in [4.69, 9.17) is 10.5 Å². The lowest BCUT2D eigenvalue weighted by Crippen LogP contribution is -2.01. The van der Waals surface area contributed by atoms with Gasteiger partial charge in [-0.3, -0.25) is 0 Å². The molecule has 6 nitrogen and oxygen atoms in total. The third-order valence-electron chi connectivity index (χ3n) is 4.21. The number of fused-ring (bicyclic) bond motifs is 1. The van der Waals surface area contributed by atoms with Crippen molar-refractivity contribution in [3.63, 3.8) is 0 Å². The number of methoxy groups -OCH3 is 1. The summed E-state index contributed by atoms with van der Waals surface area (Å²) in [6.45, 7) is 0.726. The number of nitrogen functional groups attached to an aromatic ring is 1. The van der Waals surface area contributed by atoms with E-state index in [0.29, 0.717) is 11.5 Å². The van der Waals surface area contributed by atoms with Gasteiger partial charge in [0.2, 0.25) is 0 Å². The van der Waals surface area contributed by atoms with E-state index < -0.39 is 0 Å². The second-order valence-electron chi connectivity index (χ2n) is 5.95. The molecule has 0 aliphatic heterocycles. The summed E-state index contributed by atoms with van der Waals surface area (Å²) >= 11 is 0. The van der Waals surface area contributed by atoms with Crippen LogP contribution in [0.4, 0.5) is 11.5 Å². The van der Waals surface area contributed by atoms with Crippen LogP contribution in [0.3, 0.4) is 0 Å². The highest BCUT2D eigenvalue weighted by Crippen LogP contribution is 2.23. The molecule has 0 radical (unpaired) electrons. The number of anilines is 2. The number of aromatic nitrogens is 3. The van der Waals surface area contributed by atoms with E-state index in [1.807, 2.05) is 59.3 Å². The lowest BCUT2D eigenvalue weighted by molar-refractivity contribution is 0.414. The van der Waals surface area contributed by atoms with Gasteiger partial charge in [-0.1, -0.05) is 24.3 Å². The number of rotatable bonds is 5. The van der Waals surface area contributed by atoms with Gasteiger partial charge in [-0.25, -0.2) is 9.97 Å². The third kappa shape index (κ3) is 3.17. The quantitative estimate of drug-likeness (QED) is 0.578. The molecule has 0 saturated carbocycles. The maximum absolute atomic E-state index is 6.01. The van der Waals surface area contributed by atoms with Crippen molar-refractivity contribution in [2.45, 2.75) is 6.54 Å². The van der Waals surface area contributed by atoms with Gasteiger partial charge in [-0.05, 0) is 29.8 Å². The van der Waals surface area contributed by atoms with Crippen molar-refractivity contribution in [3.8, 4) is 17.0 Å². The van der Waals surface area contributed by atoms with E-state index in [1.54, 1.807) is 13.3 Å². The zero-order chi connectivity index (χ0) is 17.9. The van der Waals surface area contributed by atoms with E-state index in [2.05, 4.69) is 21.4 Å². The summed E-state index contributed by atoms with van der Waals surface area (Å²) in [4.78, 5) is 8.68. The Kier molecular flexibility index (Phi) is 4.15. The van der Waals surface area contributed by atoms with Gasteiger partial charge < -0.3 is 20.2 Å². The molecule has 0 unspecified atom stereocenters. The van der Waals surface area contributed by atoms with Crippen molar-refractivity contribution in [2.75, 3.05) is 18.2 Å². The van der Waals surface area contributed by atoms with Crippen LogP contribution in [0.1, 0.15) is 5.56 Å². The summed E-state index contributed by atoms with van der Waals surface area (Å²) in [5.41, 5.74) is 10.7. The first-order valence-corrected chi connectivity index (χ1v) is 8.29. The molecule has 6 heteroatoms. The fourth-order valence-corrected chi connectivity index (χ4v) is 2.83. The minimum absolute atomic E-state index is 0.420. The summed E-state index contributed by atoms with van der Waals surface area (Å²) in [6, 6.07) is 16.1. The Labute approximate surface area is 151 Å². The predicted molar refractivity (Wildman–Crippen MR) is 103 cm³/mol. The number of nitrogens with zero attached hydrogens (tertiary/aromatic N) is 3. The molecule has 2 aromatic carbocycles. The molecule has 4 rings (SSSR count). The highest BCUT2D eigenvalue weighted by atomic mass is 16.5. The van der Waals surface area contributed by atoms with Crippen molar-refractivity contribution in [3.05, 3.63) is 72.7 Å². The van der Waals surface area contributed by atoms with Gasteiger partial charge in [0.15, 0.2) is 11.5 Å². The molecule has 4 aromatic rings. The van der Waals surface area contributed by atoms with Crippen molar-refractivity contribution < 1.29 is 4.74 Å². The Morgan fingerprint density at radius 2 is 2.00 bits per heavy atom. The number of hydrogen-bond donors (Lipinski definition) is 2. The zero-order valence-electron chi connectivity index (χ0n) is 14.4. The Hall–Kier alpha value is -3.54. The van der Waals surface area contributed by atoms with E-state index in [1.165, 1.54) is 5.56 Å². The molecule has 0 aliphatic carbocycles. The van der Waals surface area contributed by atoms with E-state index in [9.17, 15) is 0 Å². The van der Waals surface area contributed by atoms with E-state index in [-0.39, 0.29) is 0 Å². The lowest BCUT2D eigenvalue weighted by Gasteiger charge is -2.10. The Morgan fingerprint density at radius 1 is 1.15 bits per heavy atom. The molecule has 130 valence electrons. The molecule has 0 saturated heterocycles. The number of ether oxygens (including phenoxy) is 1. The third-order valence-corrected chi connectivity index (χ3v) is 4.21. The molecule has 0 amide bonds. The number of hydrogen-bond acceptors (Lipinski definition) is 5. The van der Waals surface area contributed by atoms with Crippen molar-refractivity contribution >= 4 is 17.2 Å². The van der Waals surface area contributed by atoms with Crippen LogP contribution >= 0.6 is 0 Å². The largest absolute Gasteiger partial charge is 0.497 e. The van der Waals surface area contributed by atoms with Gasteiger partial charge in [0, 0.05) is 36.4 Å². The normalized spacial score (nSPS) is 10.8. The van der Waals surface area contributed by atoms with Crippen molar-refractivity contribution in [1.29, 1.82) is 0 Å². The molecule has 2 aromatic heterocycles. The highest BCUT2D eigenvalue weighted by molar-refractivity contribution is 5.69. The second-order valence-corrected chi connectivity index (χ2v) is 5.95. The molecule has 2 heterocycles. The van der Waals surface area contributed by atoms with Crippen molar-refractivity contribution in [2.24, 2.45) is 0 Å². The van der Waals surface area contributed by atoms with Crippen molar-refractivity contribution in [1.82, 2.24) is 14.4 Å². The lowest BCUT2D eigenvalue weighted by atomic mass is 10.1. The molecule has 0 bridgehead atoms.